The first kappa shape index (κ1) is 19.1. The van der Waals surface area contributed by atoms with Crippen LogP contribution in [0.1, 0.15) is 42.5 Å². The molecule has 2 N–H and O–H groups in total. The molecule has 7 nitrogen and oxygen atoms in total. The number of esters is 1. The lowest BCUT2D eigenvalue weighted by Crippen LogP contribution is -2.40. The van der Waals surface area contributed by atoms with Gasteiger partial charge >= 0.3 is 5.97 Å². The van der Waals surface area contributed by atoms with E-state index in [0.29, 0.717) is 29.9 Å². The predicted octanol–water partition coefficient (Wildman–Crippen LogP) is 1.92. The first-order valence-electron chi connectivity index (χ1n) is 9.30. The minimum absolute atomic E-state index is 0.0253. The Labute approximate surface area is 157 Å². The van der Waals surface area contributed by atoms with Crippen LogP contribution in [0.5, 0.6) is 0 Å². The molecule has 2 aliphatic rings. The molecule has 2 amide bonds. The molecular formula is C20H24N2O5. The Morgan fingerprint density at radius 1 is 1.07 bits per heavy atom. The number of nitrogens with one attached hydrogen (secondary N) is 2. The number of carbonyl (C=O) groups is 4. The monoisotopic (exact) mass is 372 g/mol. The summed E-state index contributed by atoms with van der Waals surface area (Å²) >= 11 is 0. The summed E-state index contributed by atoms with van der Waals surface area (Å²) in [6, 6.07) is 6.41. The van der Waals surface area contributed by atoms with Crippen molar-refractivity contribution < 1.29 is 23.9 Å². The molecule has 144 valence electrons. The summed E-state index contributed by atoms with van der Waals surface area (Å²) in [4.78, 5) is 47.9. The molecule has 2 saturated carbocycles. The van der Waals surface area contributed by atoms with Gasteiger partial charge in [-0.25, -0.2) is 0 Å². The van der Waals surface area contributed by atoms with Crippen molar-refractivity contribution in [2.24, 2.45) is 17.8 Å². The third kappa shape index (κ3) is 4.53. The van der Waals surface area contributed by atoms with Crippen LogP contribution in [0.4, 0.5) is 5.69 Å². The number of ether oxygens (including phenoxy) is 1. The van der Waals surface area contributed by atoms with Gasteiger partial charge in [-0.05, 0) is 49.9 Å². The number of fused-ring (bicyclic) bond motifs is 2. The summed E-state index contributed by atoms with van der Waals surface area (Å²) in [5.41, 5.74) is 1.00. The van der Waals surface area contributed by atoms with Crippen LogP contribution >= 0.6 is 0 Å². The average molecular weight is 372 g/mol. The summed E-state index contributed by atoms with van der Waals surface area (Å²) in [6.07, 6.45) is 3.83. The molecule has 7 heteroatoms. The second-order valence-corrected chi connectivity index (χ2v) is 7.21. The Morgan fingerprint density at radius 2 is 1.70 bits per heavy atom. The van der Waals surface area contributed by atoms with E-state index in [-0.39, 0.29) is 30.3 Å². The van der Waals surface area contributed by atoms with E-state index in [0.717, 1.165) is 19.3 Å². The molecule has 0 spiro atoms. The van der Waals surface area contributed by atoms with Crippen LogP contribution in [0.2, 0.25) is 0 Å². The van der Waals surface area contributed by atoms with E-state index in [2.05, 4.69) is 10.6 Å². The van der Waals surface area contributed by atoms with E-state index >= 15 is 0 Å². The van der Waals surface area contributed by atoms with Crippen molar-refractivity contribution in [1.82, 2.24) is 5.32 Å². The molecule has 3 rings (SSSR count). The summed E-state index contributed by atoms with van der Waals surface area (Å²) in [5.74, 6) is -1.10. The quantitative estimate of drug-likeness (QED) is 0.769. The van der Waals surface area contributed by atoms with Crippen molar-refractivity contribution in [3.05, 3.63) is 29.8 Å². The molecule has 0 unspecified atom stereocenters. The van der Waals surface area contributed by atoms with Gasteiger partial charge in [0.2, 0.25) is 0 Å². The van der Waals surface area contributed by atoms with Crippen molar-refractivity contribution >= 4 is 29.3 Å². The fourth-order valence-electron chi connectivity index (χ4n) is 3.97. The number of carbonyl (C=O) groups excluding carboxylic acids is 4. The molecule has 0 saturated heterocycles. The van der Waals surface area contributed by atoms with Crippen LogP contribution in [0.25, 0.3) is 0 Å². The number of Topliss-reactive ketones (excluding diaryl/α,β-unsaturated/α-hetero) is 1. The number of ketones is 1. The largest absolute Gasteiger partial charge is 0.455 e. The third-order valence-corrected chi connectivity index (χ3v) is 5.38. The Bertz CT molecular complexity index is 727. The van der Waals surface area contributed by atoms with Crippen LogP contribution in [0.3, 0.4) is 0 Å². The van der Waals surface area contributed by atoms with Crippen molar-refractivity contribution in [3.8, 4) is 0 Å². The van der Waals surface area contributed by atoms with Gasteiger partial charge in [0.25, 0.3) is 11.8 Å². The zero-order valence-corrected chi connectivity index (χ0v) is 15.3. The molecule has 0 aliphatic heterocycles. The minimum Gasteiger partial charge on any atom is -0.455 e. The van der Waals surface area contributed by atoms with Gasteiger partial charge in [0, 0.05) is 30.1 Å². The summed E-state index contributed by atoms with van der Waals surface area (Å²) in [6.45, 7) is -0.365. The fourth-order valence-corrected chi connectivity index (χ4v) is 3.97. The summed E-state index contributed by atoms with van der Waals surface area (Å²) in [5, 5.41) is 5.15. The van der Waals surface area contributed by atoms with Gasteiger partial charge in [-0.3, -0.25) is 19.2 Å². The molecule has 2 aliphatic carbocycles. The molecule has 2 atom stereocenters. The van der Waals surface area contributed by atoms with E-state index in [4.69, 9.17) is 4.74 Å². The van der Waals surface area contributed by atoms with E-state index in [1.807, 2.05) is 0 Å². The lowest BCUT2D eigenvalue weighted by molar-refractivity contribution is -0.155. The van der Waals surface area contributed by atoms with E-state index in [1.165, 1.54) is 0 Å². The van der Waals surface area contributed by atoms with Gasteiger partial charge < -0.3 is 15.4 Å². The second kappa shape index (κ2) is 8.33. The predicted molar refractivity (Wildman–Crippen MR) is 98.0 cm³/mol. The molecule has 27 heavy (non-hydrogen) atoms. The molecule has 1 aromatic carbocycles. The SMILES string of the molecule is CNC(=O)c1ccc(NC(=O)COC(=O)C2C[C@H]3CCC[C@H](C2)C3=O)cc1. The van der Waals surface area contributed by atoms with Gasteiger partial charge in [0.1, 0.15) is 5.78 Å². The molecule has 2 bridgehead atoms. The first-order chi connectivity index (χ1) is 13.0. The maximum Gasteiger partial charge on any atom is 0.309 e. The van der Waals surface area contributed by atoms with Crippen molar-refractivity contribution in [2.75, 3.05) is 19.0 Å². The normalized spacial score (nSPS) is 24.0. The third-order valence-electron chi connectivity index (χ3n) is 5.38. The Balaban J connectivity index is 1.47. The van der Waals surface area contributed by atoms with E-state index < -0.39 is 11.9 Å². The van der Waals surface area contributed by atoms with Gasteiger partial charge in [-0.2, -0.15) is 0 Å². The highest BCUT2D eigenvalue weighted by Gasteiger charge is 2.41. The zero-order chi connectivity index (χ0) is 19.4. The first-order valence-corrected chi connectivity index (χ1v) is 9.30. The Morgan fingerprint density at radius 3 is 2.30 bits per heavy atom. The number of amides is 2. The number of anilines is 1. The maximum absolute atomic E-state index is 12.3. The fraction of sp³-hybridized carbons (Fsp3) is 0.500. The standard InChI is InChI=1S/C20H24N2O5/c1-21-19(25)12-5-7-16(8-6-12)22-17(23)11-27-20(26)15-9-13-3-2-4-14(10-15)18(13)24/h5-8,13-15H,2-4,9-11H2,1H3,(H,21,25)(H,22,23)/t13-,14-/m1/s1. The second-order valence-electron chi connectivity index (χ2n) is 7.21. The van der Waals surface area contributed by atoms with E-state index in [9.17, 15) is 19.2 Å². The molecular weight excluding hydrogens is 348 g/mol. The summed E-state index contributed by atoms with van der Waals surface area (Å²) < 4.78 is 5.17. The molecule has 2 fully saturated rings. The molecule has 0 radical (unpaired) electrons. The highest BCUT2D eigenvalue weighted by Crippen LogP contribution is 2.40. The zero-order valence-electron chi connectivity index (χ0n) is 15.3. The number of rotatable bonds is 5. The van der Waals surface area contributed by atoms with Crippen LogP contribution in [-0.4, -0.2) is 37.2 Å². The highest BCUT2D eigenvalue weighted by molar-refractivity contribution is 5.96. The minimum atomic E-state index is -0.442. The lowest BCUT2D eigenvalue weighted by atomic mass is 9.67. The van der Waals surface area contributed by atoms with Crippen LogP contribution < -0.4 is 10.6 Å². The Hall–Kier alpha value is -2.70. The van der Waals surface area contributed by atoms with E-state index in [1.54, 1.807) is 31.3 Å². The lowest BCUT2D eigenvalue weighted by Gasteiger charge is -2.36. The number of hydrogen-bond acceptors (Lipinski definition) is 5. The van der Waals surface area contributed by atoms with Crippen molar-refractivity contribution in [1.29, 1.82) is 0 Å². The van der Waals surface area contributed by atoms with Crippen molar-refractivity contribution in [3.63, 3.8) is 0 Å². The van der Waals surface area contributed by atoms with Gasteiger partial charge in [0.15, 0.2) is 6.61 Å². The van der Waals surface area contributed by atoms with Crippen LogP contribution in [0, 0.1) is 17.8 Å². The highest BCUT2D eigenvalue weighted by atomic mass is 16.5. The van der Waals surface area contributed by atoms with Crippen LogP contribution in [-0.2, 0) is 19.1 Å². The van der Waals surface area contributed by atoms with Gasteiger partial charge in [-0.1, -0.05) is 6.42 Å². The van der Waals surface area contributed by atoms with Crippen molar-refractivity contribution in [2.45, 2.75) is 32.1 Å². The number of benzene rings is 1. The van der Waals surface area contributed by atoms with Gasteiger partial charge in [-0.15, -0.1) is 0 Å². The number of hydrogen-bond donors (Lipinski definition) is 2. The maximum atomic E-state index is 12.3. The topological polar surface area (TPSA) is 102 Å². The average Bonchev–Trinajstić information content (AvgIpc) is 2.66. The summed E-state index contributed by atoms with van der Waals surface area (Å²) in [7, 11) is 1.54. The molecule has 0 heterocycles. The van der Waals surface area contributed by atoms with Crippen LogP contribution in [0.15, 0.2) is 24.3 Å². The molecule has 1 aromatic rings. The smallest absolute Gasteiger partial charge is 0.309 e. The molecule has 0 aromatic heterocycles. The van der Waals surface area contributed by atoms with Gasteiger partial charge in [0.05, 0.1) is 5.92 Å². The Kier molecular flexibility index (Phi) is 5.88.